The first-order chi connectivity index (χ1) is 9.22. The molecule has 0 spiro atoms. The highest BCUT2D eigenvalue weighted by molar-refractivity contribution is 5.33. The van der Waals surface area contributed by atoms with Crippen LogP contribution in [-0.2, 0) is 12.8 Å². The van der Waals surface area contributed by atoms with E-state index in [2.05, 4.69) is 36.5 Å². The van der Waals surface area contributed by atoms with E-state index in [0.29, 0.717) is 6.04 Å². The summed E-state index contributed by atoms with van der Waals surface area (Å²) in [6.45, 7) is 2.09. The second-order valence-electron chi connectivity index (χ2n) is 5.32. The van der Waals surface area contributed by atoms with Crippen molar-refractivity contribution in [3.05, 3.63) is 71.0 Å². The summed E-state index contributed by atoms with van der Waals surface area (Å²) in [6.07, 6.45) is 2.13. The molecule has 1 aliphatic carbocycles. The Bertz CT molecular complexity index is 554. The molecule has 0 heterocycles. The van der Waals surface area contributed by atoms with Crippen LogP contribution in [0.2, 0.25) is 0 Å². The lowest BCUT2D eigenvalue weighted by molar-refractivity contribution is 0.465. The van der Waals surface area contributed by atoms with Crippen LogP contribution in [0.3, 0.4) is 0 Å². The topological polar surface area (TPSA) is 12.0 Å². The highest BCUT2D eigenvalue weighted by Gasteiger charge is 2.22. The van der Waals surface area contributed by atoms with Crippen molar-refractivity contribution >= 4 is 0 Å². The van der Waals surface area contributed by atoms with Crippen LogP contribution < -0.4 is 5.32 Å². The third-order valence-corrected chi connectivity index (χ3v) is 3.89. The Labute approximate surface area is 113 Å². The molecule has 1 atom stereocenters. The number of fused-ring (bicyclic) bond motifs is 1. The lowest BCUT2D eigenvalue weighted by Crippen LogP contribution is -2.32. The van der Waals surface area contributed by atoms with Crippen molar-refractivity contribution in [2.75, 3.05) is 0 Å². The highest BCUT2D eigenvalue weighted by Crippen LogP contribution is 2.24. The maximum atomic E-state index is 13.2. The molecule has 19 heavy (non-hydrogen) atoms. The maximum Gasteiger partial charge on any atom is 0.123 e. The minimum Gasteiger partial charge on any atom is -0.307 e. The molecule has 1 aliphatic rings. The molecule has 2 heteroatoms. The predicted molar refractivity (Wildman–Crippen MR) is 75.6 cm³/mol. The summed E-state index contributed by atoms with van der Waals surface area (Å²) in [4.78, 5) is 0. The van der Waals surface area contributed by atoms with Crippen molar-refractivity contribution in [1.29, 1.82) is 0 Å². The van der Waals surface area contributed by atoms with Crippen LogP contribution in [-0.4, -0.2) is 6.04 Å². The molecule has 0 saturated carbocycles. The lowest BCUT2D eigenvalue weighted by atomic mass is 10.1. The van der Waals surface area contributed by atoms with Gasteiger partial charge in [0.25, 0.3) is 0 Å². The molecule has 0 saturated heterocycles. The molecule has 0 radical (unpaired) electrons. The standard InChI is InChI=1S/C17H18FN/c1-12(13-7-4-8-16(18)9-13)19-17-10-14-5-2-3-6-15(14)11-17/h2-9,12,17,19H,10-11H2,1H3/t12-/m0/s1. The third-order valence-electron chi connectivity index (χ3n) is 3.89. The second-order valence-corrected chi connectivity index (χ2v) is 5.32. The maximum absolute atomic E-state index is 13.2. The quantitative estimate of drug-likeness (QED) is 0.883. The second kappa shape index (κ2) is 5.14. The summed E-state index contributed by atoms with van der Waals surface area (Å²) >= 11 is 0. The molecule has 0 amide bonds. The van der Waals surface area contributed by atoms with Gasteiger partial charge in [-0.25, -0.2) is 4.39 Å². The van der Waals surface area contributed by atoms with Gasteiger partial charge in [-0.2, -0.15) is 0 Å². The van der Waals surface area contributed by atoms with Gasteiger partial charge in [0.15, 0.2) is 0 Å². The Hall–Kier alpha value is -1.67. The Morgan fingerprint density at radius 1 is 1.05 bits per heavy atom. The molecule has 1 N–H and O–H groups in total. The molecular formula is C17H18FN. The predicted octanol–water partition coefficient (Wildman–Crippen LogP) is 3.64. The summed E-state index contributed by atoms with van der Waals surface area (Å²) in [5.41, 5.74) is 3.88. The summed E-state index contributed by atoms with van der Waals surface area (Å²) in [7, 11) is 0. The normalized spacial score (nSPS) is 16.3. The number of rotatable bonds is 3. The third kappa shape index (κ3) is 2.69. The summed E-state index contributed by atoms with van der Waals surface area (Å²) in [6, 6.07) is 16.1. The SMILES string of the molecule is C[C@H](NC1Cc2ccccc2C1)c1cccc(F)c1. The Balaban J connectivity index is 1.67. The van der Waals surface area contributed by atoms with E-state index in [1.165, 1.54) is 17.2 Å². The minimum absolute atomic E-state index is 0.166. The summed E-state index contributed by atoms with van der Waals surface area (Å²) < 4.78 is 13.2. The molecule has 3 rings (SSSR count). The minimum atomic E-state index is -0.166. The Morgan fingerprint density at radius 3 is 2.37 bits per heavy atom. The van der Waals surface area contributed by atoms with Crippen molar-refractivity contribution in [3.63, 3.8) is 0 Å². The van der Waals surface area contributed by atoms with Crippen LogP contribution in [0.25, 0.3) is 0 Å². The number of hydrogen-bond donors (Lipinski definition) is 1. The van der Waals surface area contributed by atoms with Gasteiger partial charge in [0.05, 0.1) is 0 Å². The first-order valence-electron chi connectivity index (χ1n) is 6.80. The van der Waals surface area contributed by atoms with Gasteiger partial charge < -0.3 is 5.32 Å². The zero-order chi connectivity index (χ0) is 13.2. The average Bonchev–Trinajstić information content (AvgIpc) is 2.80. The average molecular weight is 255 g/mol. The Morgan fingerprint density at radius 2 is 1.74 bits per heavy atom. The van der Waals surface area contributed by atoms with Crippen molar-refractivity contribution in [1.82, 2.24) is 5.32 Å². The van der Waals surface area contributed by atoms with Crippen LogP contribution in [0.4, 0.5) is 4.39 Å². The monoisotopic (exact) mass is 255 g/mol. The fourth-order valence-corrected chi connectivity index (χ4v) is 2.90. The molecule has 0 aliphatic heterocycles. The number of hydrogen-bond acceptors (Lipinski definition) is 1. The van der Waals surface area contributed by atoms with Crippen molar-refractivity contribution < 1.29 is 4.39 Å². The number of halogens is 1. The molecule has 0 unspecified atom stereocenters. The van der Waals surface area contributed by atoms with E-state index in [-0.39, 0.29) is 11.9 Å². The Kier molecular flexibility index (Phi) is 3.34. The fraction of sp³-hybridized carbons (Fsp3) is 0.294. The van der Waals surface area contributed by atoms with E-state index >= 15 is 0 Å². The van der Waals surface area contributed by atoms with Gasteiger partial charge in [0.2, 0.25) is 0 Å². The van der Waals surface area contributed by atoms with E-state index in [9.17, 15) is 4.39 Å². The molecule has 2 aromatic rings. The number of benzene rings is 2. The van der Waals surface area contributed by atoms with E-state index in [4.69, 9.17) is 0 Å². The molecule has 0 aromatic heterocycles. The van der Waals surface area contributed by atoms with Gasteiger partial charge >= 0.3 is 0 Å². The van der Waals surface area contributed by atoms with Crippen molar-refractivity contribution in [2.24, 2.45) is 0 Å². The summed E-state index contributed by atoms with van der Waals surface area (Å²) in [5.74, 6) is -0.166. The zero-order valence-electron chi connectivity index (χ0n) is 11.1. The fourth-order valence-electron chi connectivity index (χ4n) is 2.90. The van der Waals surface area contributed by atoms with Gasteiger partial charge in [-0.3, -0.25) is 0 Å². The van der Waals surface area contributed by atoms with E-state index in [1.54, 1.807) is 12.1 Å². The smallest absolute Gasteiger partial charge is 0.123 e. The van der Waals surface area contributed by atoms with Gasteiger partial charge in [-0.15, -0.1) is 0 Å². The van der Waals surface area contributed by atoms with Crippen LogP contribution in [0, 0.1) is 5.82 Å². The first kappa shape index (κ1) is 12.4. The van der Waals surface area contributed by atoms with Gasteiger partial charge in [-0.05, 0) is 48.6 Å². The largest absolute Gasteiger partial charge is 0.307 e. The van der Waals surface area contributed by atoms with Gasteiger partial charge in [0, 0.05) is 12.1 Å². The zero-order valence-corrected chi connectivity index (χ0v) is 11.1. The molecular weight excluding hydrogens is 237 g/mol. The van der Waals surface area contributed by atoms with E-state index < -0.39 is 0 Å². The van der Waals surface area contributed by atoms with Crippen molar-refractivity contribution in [3.8, 4) is 0 Å². The van der Waals surface area contributed by atoms with E-state index in [1.807, 2.05) is 6.07 Å². The van der Waals surface area contributed by atoms with Crippen LogP contribution in [0.1, 0.15) is 29.7 Å². The molecule has 0 bridgehead atoms. The summed E-state index contributed by atoms with van der Waals surface area (Å²) in [5, 5.41) is 3.60. The van der Waals surface area contributed by atoms with Crippen LogP contribution in [0.5, 0.6) is 0 Å². The number of nitrogens with one attached hydrogen (secondary N) is 1. The molecule has 1 nitrogen and oxygen atoms in total. The van der Waals surface area contributed by atoms with Crippen molar-refractivity contribution in [2.45, 2.75) is 31.8 Å². The molecule has 98 valence electrons. The lowest BCUT2D eigenvalue weighted by Gasteiger charge is -2.19. The highest BCUT2D eigenvalue weighted by atomic mass is 19.1. The van der Waals surface area contributed by atoms with E-state index in [0.717, 1.165) is 18.4 Å². The van der Waals surface area contributed by atoms with Gasteiger partial charge in [-0.1, -0.05) is 36.4 Å². The first-order valence-corrected chi connectivity index (χ1v) is 6.80. The van der Waals surface area contributed by atoms with Crippen LogP contribution >= 0.6 is 0 Å². The molecule has 0 fully saturated rings. The van der Waals surface area contributed by atoms with Gasteiger partial charge in [0.1, 0.15) is 5.82 Å². The molecule has 2 aromatic carbocycles. The van der Waals surface area contributed by atoms with Crippen LogP contribution in [0.15, 0.2) is 48.5 Å².